The maximum absolute atomic E-state index is 14.3. The molecule has 1 aliphatic heterocycles. The molecular formula is C33H47N5O8S2. The highest BCUT2D eigenvalue weighted by molar-refractivity contribution is 7.92. The number of rotatable bonds is 9. The van der Waals surface area contributed by atoms with Gasteiger partial charge >= 0.3 is 0 Å². The molecular weight excluding hydrogens is 659 g/mol. The first-order chi connectivity index (χ1) is 22.6. The fraction of sp³-hybridized carbons (Fsp3) is 0.515. The Labute approximate surface area is 284 Å². The zero-order chi connectivity index (χ0) is 35.2. The van der Waals surface area contributed by atoms with E-state index >= 15 is 0 Å². The Morgan fingerprint density at radius 2 is 1.81 bits per heavy atom. The largest absolute Gasteiger partial charge is 0.490 e. The van der Waals surface area contributed by atoms with Gasteiger partial charge in [0.15, 0.2) is 5.03 Å². The van der Waals surface area contributed by atoms with Crippen LogP contribution >= 0.6 is 0 Å². The molecule has 13 nitrogen and oxygen atoms in total. The van der Waals surface area contributed by atoms with Crippen LogP contribution in [0.15, 0.2) is 64.9 Å². The second-order valence-electron chi connectivity index (χ2n) is 12.6. The number of likely N-dealkylation sites (N-methyl/N-ethyl adjacent to an activating group) is 1. The average molecular weight is 706 g/mol. The lowest BCUT2D eigenvalue weighted by Gasteiger charge is -2.35. The standard InChI is InChI=1S/C33H47N5O8S2/c1-23-10-13-28(14-11-23)48(43,44)37(6)19-31-24(2)18-38(25(3)21-39)33(40)29-17-27(35-47(41,42)32-20-36(5)22-34-32)12-15-30(29)46-26(4)9-7-8-16-45-31/h10-15,17,20,22,24-26,31,35,39H,7-9,16,18-19,21H2,1-6H3/t24-,25+,26-,31-/m0/s1. The number of hydrogen-bond acceptors (Lipinski definition) is 9. The highest BCUT2D eigenvalue weighted by atomic mass is 32.2. The summed E-state index contributed by atoms with van der Waals surface area (Å²) >= 11 is 0. The second-order valence-corrected chi connectivity index (χ2v) is 16.3. The number of ether oxygens (including phenoxy) is 2. The minimum absolute atomic E-state index is 0.0441. The van der Waals surface area contributed by atoms with E-state index in [0.717, 1.165) is 12.0 Å². The molecule has 1 aliphatic rings. The van der Waals surface area contributed by atoms with Crippen molar-refractivity contribution in [2.24, 2.45) is 13.0 Å². The van der Waals surface area contributed by atoms with Crippen molar-refractivity contribution in [3.8, 4) is 5.75 Å². The van der Waals surface area contributed by atoms with Crippen molar-refractivity contribution in [2.75, 3.05) is 38.1 Å². The molecule has 0 aliphatic carbocycles. The Hall–Kier alpha value is -3.50. The molecule has 3 aromatic rings. The first-order valence-corrected chi connectivity index (χ1v) is 18.9. The predicted octanol–water partition coefficient (Wildman–Crippen LogP) is 3.65. The SMILES string of the molecule is Cc1ccc(S(=O)(=O)N(C)C[C@@H]2OCCCC[C@H](C)Oc3ccc(NS(=O)(=O)c4cn(C)cn4)cc3C(=O)N([C@H](C)CO)C[C@@H]2C)cc1. The van der Waals surface area contributed by atoms with Gasteiger partial charge in [-0.25, -0.2) is 13.4 Å². The van der Waals surface area contributed by atoms with Crippen molar-refractivity contribution < 1.29 is 36.2 Å². The quantitative estimate of drug-likeness (QED) is 0.339. The molecule has 0 unspecified atom stereocenters. The Morgan fingerprint density at radius 1 is 1.10 bits per heavy atom. The van der Waals surface area contributed by atoms with Gasteiger partial charge in [0.2, 0.25) is 10.0 Å². The molecule has 1 amide bonds. The van der Waals surface area contributed by atoms with Gasteiger partial charge in [-0.1, -0.05) is 24.6 Å². The third kappa shape index (κ3) is 9.14. The van der Waals surface area contributed by atoms with Gasteiger partial charge in [0.1, 0.15) is 5.75 Å². The minimum atomic E-state index is -4.05. The second kappa shape index (κ2) is 15.8. The number of hydrogen-bond donors (Lipinski definition) is 2. The molecule has 48 heavy (non-hydrogen) atoms. The summed E-state index contributed by atoms with van der Waals surface area (Å²) in [6, 6.07) is 10.5. The zero-order valence-corrected chi connectivity index (χ0v) is 30.0. The Kier molecular flexibility index (Phi) is 12.3. The van der Waals surface area contributed by atoms with Crippen molar-refractivity contribution >= 4 is 31.6 Å². The van der Waals surface area contributed by atoms with Crippen LogP contribution in [0.3, 0.4) is 0 Å². The number of anilines is 1. The highest BCUT2D eigenvalue weighted by Gasteiger charge is 2.32. The zero-order valence-electron chi connectivity index (χ0n) is 28.4. The fourth-order valence-corrected chi connectivity index (χ4v) is 7.64. The van der Waals surface area contributed by atoms with Crippen LogP contribution < -0.4 is 9.46 Å². The van der Waals surface area contributed by atoms with Crippen LogP contribution in [0, 0.1) is 12.8 Å². The van der Waals surface area contributed by atoms with Gasteiger partial charge < -0.3 is 24.0 Å². The smallest absolute Gasteiger partial charge is 0.280 e. The van der Waals surface area contributed by atoms with Crippen LogP contribution in [0.2, 0.25) is 0 Å². The lowest BCUT2D eigenvalue weighted by molar-refractivity contribution is -0.00833. The van der Waals surface area contributed by atoms with Gasteiger partial charge in [-0.05, 0) is 70.4 Å². The molecule has 0 fully saturated rings. The van der Waals surface area contributed by atoms with Crippen molar-refractivity contribution in [3.05, 3.63) is 66.1 Å². The Balaban J connectivity index is 1.67. The molecule has 264 valence electrons. The number of amides is 1. The topological polar surface area (TPSA) is 160 Å². The number of aliphatic hydroxyl groups excluding tert-OH is 1. The van der Waals surface area contributed by atoms with Crippen molar-refractivity contribution in [2.45, 2.75) is 75.1 Å². The summed E-state index contributed by atoms with van der Waals surface area (Å²) in [7, 11) is -4.70. The number of fused-ring (bicyclic) bond motifs is 1. The van der Waals surface area contributed by atoms with Crippen LogP contribution in [-0.2, 0) is 31.8 Å². The third-order valence-electron chi connectivity index (χ3n) is 8.43. The van der Waals surface area contributed by atoms with E-state index in [1.165, 1.54) is 45.5 Å². The van der Waals surface area contributed by atoms with E-state index in [4.69, 9.17) is 9.47 Å². The van der Waals surface area contributed by atoms with Crippen LogP contribution in [0.1, 0.15) is 56.0 Å². The van der Waals surface area contributed by atoms with E-state index in [2.05, 4.69) is 9.71 Å². The highest BCUT2D eigenvalue weighted by Crippen LogP contribution is 2.29. The van der Waals surface area contributed by atoms with Crippen LogP contribution in [-0.4, -0.2) is 98.2 Å². The van der Waals surface area contributed by atoms with Gasteiger partial charge in [0.05, 0.1) is 41.6 Å². The molecule has 0 spiro atoms. The molecule has 4 rings (SSSR count). The normalized spacial score (nSPS) is 20.9. The summed E-state index contributed by atoms with van der Waals surface area (Å²) in [5, 5.41) is 10.0. The number of aliphatic hydroxyl groups is 1. The van der Waals surface area contributed by atoms with Crippen molar-refractivity contribution in [1.29, 1.82) is 0 Å². The lowest BCUT2D eigenvalue weighted by Crippen LogP contribution is -2.48. The maximum Gasteiger partial charge on any atom is 0.280 e. The van der Waals surface area contributed by atoms with Gasteiger partial charge in [0.25, 0.3) is 15.9 Å². The summed E-state index contributed by atoms with van der Waals surface area (Å²) in [6.45, 7) is 7.56. The van der Waals surface area contributed by atoms with E-state index in [9.17, 15) is 26.7 Å². The number of imidazole rings is 1. The average Bonchev–Trinajstić information content (AvgIpc) is 3.49. The lowest BCUT2D eigenvalue weighted by atomic mass is 10.0. The number of carbonyl (C=O) groups is 1. The minimum Gasteiger partial charge on any atom is -0.490 e. The fourth-order valence-electron chi connectivity index (χ4n) is 5.43. The molecule has 15 heteroatoms. The first-order valence-electron chi connectivity index (χ1n) is 16.0. The summed E-state index contributed by atoms with van der Waals surface area (Å²) in [5.41, 5.74) is 1.20. The molecule has 0 bridgehead atoms. The van der Waals surface area contributed by atoms with E-state index in [1.54, 1.807) is 44.3 Å². The maximum atomic E-state index is 14.3. The number of carbonyl (C=O) groups excluding carboxylic acids is 1. The molecule has 1 aromatic heterocycles. The van der Waals surface area contributed by atoms with E-state index < -0.39 is 38.1 Å². The number of benzene rings is 2. The summed E-state index contributed by atoms with van der Waals surface area (Å²) in [6.07, 6.45) is 4.01. The number of aryl methyl sites for hydroxylation is 2. The molecule has 0 saturated carbocycles. The first kappa shape index (κ1) is 37.3. The van der Waals surface area contributed by atoms with Crippen LogP contribution in [0.4, 0.5) is 5.69 Å². The monoisotopic (exact) mass is 705 g/mol. The van der Waals surface area contributed by atoms with Crippen LogP contribution in [0.5, 0.6) is 5.75 Å². The number of nitrogens with zero attached hydrogens (tertiary/aromatic N) is 4. The van der Waals surface area contributed by atoms with E-state index in [1.807, 2.05) is 20.8 Å². The van der Waals surface area contributed by atoms with Gasteiger partial charge in [0, 0.05) is 51.6 Å². The van der Waals surface area contributed by atoms with E-state index in [-0.39, 0.29) is 58.6 Å². The molecule has 2 N–H and O–H groups in total. The van der Waals surface area contributed by atoms with E-state index in [0.29, 0.717) is 19.4 Å². The number of aromatic nitrogens is 2. The van der Waals surface area contributed by atoms with Gasteiger partial charge in [-0.3, -0.25) is 9.52 Å². The van der Waals surface area contributed by atoms with Gasteiger partial charge in [-0.15, -0.1) is 0 Å². The molecule has 2 aromatic carbocycles. The summed E-state index contributed by atoms with van der Waals surface area (Å²) in [5.74, 6) is -0.568. The number of sulfonamides is 2. The van der Waals surface area contributed by atoms with Crippen LogP contribution in [0.25, 0.3) is 0 Å². The molecule has 0 radical (unpaired) electrons. The summed E-state index contributed by atoms with van der Waals surface area (Å²) in [4.78, 5) is 19.9. The Morgan fingerprint density at radius 3 is 2.46 bits per heavy atom. The van der Waals surface area contributed by atoms with Crippen molar-refractivity contribution in [3.63, 3.8) is 0 Å². The number of nitrogens with one attached hydrogen (secondary N) is 1. The summed E-state index contributed by atoms with van der Waals surface area (Å²) < 4.78 is 70.8. The molecule has 0 saturated heterocycles. The van der Waals surface area contributed by atoms with Crippen molar-refractivity contribution in [1.82, 2.24) is 18.8 Å². The third-order valence-corrected chi connectivity index (χ3v) is 11.5. The van der Waals surface area contributed by atoms with Gasteiger partial charge in [-0.2, -0.15) is 12.7 Å². The predicted molar refractivity (Wildman–Crippen MR) is 182 cm³/mol. The Bertz CT molecular complexity index is 1760. The molecule has 2 heterocycles. The molecule has 4 atom stereocenters.